The van der Waals surface area contributed by atoms with Gasteiger partial charge in [-0.15, -0.1) is 0 Å². The molecule has 0 aromatic heterocycles. The van der Waals surface area contributed by atoms with Crippen LogP contribution in [-0.4, -0.2) is 18.0 Å². The van der Waals surface area contributed by atoms with Crippen molar-refractivity contribution in [2.45, 2.75) is 20.3 Å². The number of hydrogen-bond donors (Lipinski definition) is 0. The van der Waals surface area contributed by atoms with E-state index in [-0.39, 0.29) is 0 Å². The molecule has 1 saturated carbocycles. The average Bonchev–Trinajstić information content (AvgIpc) is 3.19. The van der Waals surface area contributed by atoms with Crippen molar-refractivity contribution in [1.29, 1.82) is 0 Å². The van der Waals surface area contributed by atoms with E-state index in [9.17, 15) is 0 Å². The Labute approximate surface area is 128 Å². The van der Waals surface area contributed by atoms with Crippen LogP contribution < -0.4 is 0 Å². The molecule has 2 aliphatic carbocycles. The molecule has 110 valence electrons. The van der Waals surface area contributed by atoms with Crippen LogP contribution >= 0.6 is 0 Å². The zero-order valence-electron chi connectivity index (χ0n) is 13.1. The van der Waals surface area contributed by atoms with E-state index in [4.69, 9.17) is 0 Å². The average molecular weight is 279 g/mol. The molecule has 0 spiro atoms. The maximum absolute atomic E-state index is 2.56. The zero-order chi connectivity index (χ0) is 14.7. The van der Waals surface area contributed by atoms with Gasteiger partial charge in [-0.3, -0.25) is 0 Å². The monoisotopic (exact) mass is 279 g/mol. The minimum absolute atomic E-state index is 0.448. The van der Waals surface area contributed by atoms with Crippen molar-refractivity contribution in [3.63, 3.8) is 0 Å². The Morgan fingerprint density at radius 1 is 0.905 bits per heavy atom. The van der Waals surface area contributed by atoms with E-state index in [2.05, 4.69) is 79.5 Å². The topological polar surface area (TPSA) is 3.24 Å². The lowest BCUT2D eigenvalue weighted by Crippen LogP contribution is -2.41. The zero-order valence-corrected chi connectivity index (χ0v) is 13.1. The molecule has 0 amide bonds. The summed E-state index contributed by atoms with van der Waals surface area (Å²) in [5.41, 5.74) is 1.77. The van der Waals surface area contributed by atoms with Crippen LogP contribution in [0.15, 0.2) is 72.5 Å². The van der Waals surface area contributed by atoms with Crippen LogP contribution in [0.1, 0.15) is 20.3 Å². The van der Waals surface area contributed by atoms with Crippen LogP contribution in [0.3, 0.4) is 0 Å². The lowest BCUT2D eigenvalue weighted by molar-refractivity contribution is 0.138. The van der Waals surface area contributed by atoms with Gasteiger partial charge in [0.25, 0.3) is 0 Å². The number of nitrogens with zero attached hydrogens (tertiary/aromatic N) is 1. The quantitative estimate of drug-likeness (QED) is 0.675. The first-order chi connectivity index (χ1) is 10.2. The van der Waals surface area contributed by atoms with Crippen molar-refractivity contribution in [3.8, 4) is 0 Å². The van der Waals surface area contributed by atoms with Gasteiger partial charge in [0, 0.05) is 18.8 Å². The molecule has 1 heterocycles. The van der Waals surface area contributed by atoms with Crippen molar-refractivity contribution >= 4 is 0 Å². The second kappa shape index (κ2) is 5.93. The molecule has 1 nitrogen and oxygen atoms in total. The summed E-state index contributed by atoms with van der Waals surface area (Å²) in [6.07, 6.45) is 24.7. The third-order valence-corrected chi connectivity index (χ3v) is 4.77. The number of fused-ring (bicyclic) bond motifs is 1. The maximum Gasteiger partial charge on any atom is 0.0366 e. The molecule has 1 heteroatoms. The van der Waals surface area contributed by atoms with Crippen molar-refractivity contribution in [3.05, 3.63) is 72.5 Å². The molecule has 0 aromatic rings. The maximum atomic E-state index is 2.56. The van der Waals surface area contributed by atoms with Crippen LogP contribution in [0.4, 0.5) is 0 Å². The van der Waals surface area contributed by atoms with Crippen molar-refractivity contribution in [1.82, 2.24) is 4.90 Å². The third kappa shape index (κ3) is 3.47. The molecule has 2 fully saturated rings. The smallest absolute Gasteiger partial charge is 0.0366 e. The summed E-state index contributed by atoms with van der Waals surface area (Å²) < 4.78 is 0. The number of hydrogen-bond acceptors (Lipinski definition) is 1. The lowest BCUT2D eigenvalue weighted by Gasteiger charge is -2.39. The van der Waals surface area contributed by atoms with Crippen LogP contribution in [0.2, 0.25) is 0 Å². The highest BCUT2D eigenvalue weighted by molar-refractivity contribution is 5.30. The van der Waals surface area contributed by atoms with Crippen LogP contribution in [0.5, 0.6) is 0 Å². The largest absolute Gasteiger partial charge is 0.371 e. The normalized spacial score (nSPS) is 36.5. The second-order valence-electron chi connectivity index (χ2n) is 6.96. The van der Waals surface area contributed by atoms with Gasteiger partial charge in [0.15, 0.2) is 0 Å². The summed E-state index contributed by atoms with van der Waals surface area (Å²) >= 11 is 0. The van der Waals surface area contributed by atoms with E-state index >= 15 is 0 Å². The molecule has 0 radical (unpaired) electrons. The van der Waals surface area contributed by atoms with Crippen molar-refractivity contribution in [2.75, 3.05) is 13.1 Å². The fourth-order valence-corrected chi connectivity index (χ4v) is 3.58. The van der Waals surface area contributed by atoms with E-state index < -0.39 is 0 Å². The molecular formula is C20H25N. The molecule has 3 rings (SSSR count). The van der Waals surface area contributed by atoms with Crippen molar-refractivity contribution < 1.29 is 0 Å². The van der Waals surface area contributed by atoms with Crippen molar-refractivity contribution in [2.24, 2.45) is 17.3 Å². The van der Waals surface area contributed by atoms with Crippen LogP contribution in [0, 0.1) is 17.3 Å². The Kier molecular flexibility index (Phi) is 4.01. The molecule has 1 aliphatic heterocycles. The molecule has 0 bridgehead atoms. The summed E-state index contributed by atoms with van der Waals surface area (Å²) in [6.45, 7) is 7.23. The molecule has 3 aliphatic rings. The lowest BCUT2D eigenvalue weighted by atomic mass is 9.83. The first-order valence-electron chi connectivity index (χ1n) is 7.97. The summed E-state index contributed by atoms with van der Waals surface area (Å²) in [5.74, 6) is 1.86. The molecule has 1 saturated heterocycles. The third-order valence-electron chi connectivity index (χ3n) is 4.77. The molecule has 0 N–H and O–H groups in total. The van der Waals surface area contributed by atoms with Gasteiger partial charge >= 0.3 is 0 Å². The highest BCUT2D eigenvalue weighted by Gasteiger charge is 2.52. The van der Waals surface area contributed by atoms with Gasteiger partial charge in [0.1, 0.15) is 0 Å². The number of piperidine rings is 1. The van der Waals surface area contributed by atoms with Gasteiger partial charge in [0.05, 0.1) is 0 Å². The Hall–Kier alpha value is -1.76. The summed E-state index contributed by atoms with van der Waals surface area (Å²) in [6, 6.07) is 0. The molecule has 0 aromatic carbocycles. The fourth-order valence-electron chi connectivity index (χ4n) is 3.58. The Bertz CT molecular complexity index is 554. The van der Waals surface area contributed by atoms with E-state index in [0.29, 0.717) is 5.41 Å². The van der Waals surface area contributed by atoms with E-state index in [1.165, 1.54) is 18.7 Å². The predicted octanol–water partition coefficient (Wildman–Crippen LogP) is 4.64. The fraction of sp³-hybridized carbons (Fsp3) is 0.400. The van der Waals surface area contributed by atoms with Gasteiger partial charge in [-0.05, 0) is 35.8 Å². The van der Waals surface area contributed by atoms with Gasteiger partial charge in [-0.1, -0.05) is 68.5 Å². The van der Waals surface area contributed by atoms with Crippen LogP contribution in [-0.2, 0) is 0 Å². The second-order valence-corrected chi connectivity index (χ2v) is 6.96. The van der Waals surface area contributed by atoms with Gasteiger partial charge in [0.2, 0.25) is 0 Å². The first kappa shape index (κ1) is 14.2. The van der Waals surface area contributed by atoms with Gasteiger partial charge in [-0.25, -0.2) is 0 Å². The number of likely N-dealkylation sites (tertiary alicyclic amines) is 1. The predicted molar refractivity (Wildman–Crippen MR) is 90.7 cm³/mol. The molecular weight excluding hydrogens is 254 g/mol. The number of rotatable bonds is 1. The molecule has 1 unspecified atom stereocenters. The Balaban J connectivity index is 1.80. The summed E-state index contributed by atoms with van der Waals surface area (Å²) in [5, 5.41) is 0. The highest BCUT2D eigenvalue weighted by atomic mass is 15.2. The Morgan fingerprint density at radius 3 is 2.19 bits per heavy atom. The summed E-state index contributed by atoms with van der Waals surface area (Å²) in [4.78, 5) is 2.56. The summed E-state index contributed by atoms with van der Waals surface area (Å²) in [7, 11) is 0. The first-order valence-corrected chi connectivity index (χ1v) is 7.97. The Morgan fingerprint density at radius 2 is 1.52 bits per heavy atom. The van der Waals surface area contributed by atoms with Crippen LogP contribution in [0.25, 0.3) is 0 Å². The minimum atomic E-state index is 0.448. The molecule has 2 atom stereocenters. The molecule has 21 heavy (non-hydrogen) atoms. The SMILES string of the molecule is CC1(C)CN(C2=C\C=C/C=C\C=C/C=C\C=C2)C[C@@H]2CC21. The van der Waals surface area contributed by atoms with Gasteiger partial charge < -0.3 is 4.90 Å². The van der Waals surface area contributed by atoms with E-state index in [1.807, 2.05) is 6.08 Å². The number of allylic oxidation sites excluding steroid dienone is 11. The minimum Gasteiger partial charge on any atom is -0.371 e. The van der Waals surface area contributed by atoms with E-state index in [1.54, 1.807) is 0 Å². The highest BCUT2D eigenvalue weighted by Crippen LogP contribution is 2.55. The van der Waals surface area contributed by atoms with Gasteiger partial charge in [-0.2, -0.15) is 0 Å². The standard InChI is InChI=1S/C20H25N/c1-20(2)16-21(15-17-14-19(17)20)18-12-10-8-6-4-3-5-7-9-11-13-18/h3-13,17,19H,14-16H2,1-2H3/b4-3-,5-3?,6-4?,7-5-,8-6-,9-7?,10-8?,11-9-,12-10?,13-11?,18-12?,18-13?/t17-,19?/m0/s1. The van der Waals surface area contributed by atoms with E-state index in [0.717, 1.165) is 18.4 Å².